The van der Waals surface area contributed by atoms with E-state index in [-0.39, 0.29) is 25.3 Å². The van der Waals surface area contributed by atoms with E-state index in [4.69, 9.17) is 19.5 Å². The van der Waals surface area contributed by atoms with Gasteiger partial charge in [-0.05, 0) is 31.5 Å². The van der Waals surface area contributed by atoms with Crippen LogP contribution in [-0.2, 0) is 19.0 Å². The number of methoxy groups -OCH3 is 2. The first-order valence-electron chi connectivity index (χ1n) is 8.90. The van der Waals surface area contributed by atoms with Crippen molar-refractivity contribution in [1.29, 1.82) is 5.26 Å². The van der Waals surface area contributed by atoms with Gasteiger partial charge in [-0.2, -0.15) is 5.26 Å². The van der Waals surface area contributed by atoms with Crippen molar-refractivity contribution in [3.63, 3.8) is 0 Å². The fraction of sp³-hybridized carbons (Fsp3) is 0.450. The molecular weight excluding hydrogens is 362 g/mol. The Kier molecular flexibility index (Phi) is 7.55. The zero-order valence-corrected chi connectivity index (χ0v) is 16.5. The van der Waals surface area contributed by atoms with Crippen LogP contribution < -0.4 is 5.32 Å². The van der Waals surface area contributed by atoms with Crippen molar-refractivity contribution in [1.82, 2.24) is 10.2 Å². The van der Waals surface area contributed by atoms with E-state index >= 15 is 0 Å². The third-order valence-corrected chi connectivity index (χ3v) is 4.49. The summed E-state index contributed by atoms with van der Waals surface area (Å²) in [6, 6.07) is 7.49. The van der Waals surface area contributed by atoms with Crippen molar-refractivity contribution in [2.45, 2.75) is 25.9 Å². The molecule has 0 unspecified atom stereocenters. The number of carbonyl (C=O) groups is 2. The number of carbonyl (C=O) groups excluding carboxylic acids is 2. The molecule has 0 aromatic heterocycles. The lowest BCUT2D eigenvalue weighted by atomic mass is 9.94. The fourth-order valence-corrected chi connectivity index (χ4v) is 3.16. The minimum Gasteiger partial charge on any atom is -0.460 e. The van der Waals surface area contributed by atoms with Gasteiger partial charge >= 0.3 is 12.0 Å². The summed E-state index contributed by atoms with van der Waals surface area (Å²) in [7, 11) is 3.07. The number of allylic oxidation sites excluding steroid dienone is 1. The zero-order chi connectivity index (χ0) is 20.7. The number of urea groups is 1. The molecule has 0 bridgehead atoms. The van der Waals surface area contributed by atoms with Crippen LogP contribution in [0.3, 0.4) is 0 Å². The van der Waals surface area contributed by atoms with E-state index in [9.17, 15) is 9.59 Å². The second-order valence-corrected chi connectivity index (χ2v) is 6.42. The molecule has 0 radical (unpaired) electrons. The lowest BCUT2D eigenvalue weighted by molar-refractivity contribution is -0.141. The summed E-state index contributed by atoms with van der Waals surface area (Å²) < 4.78 is 15.4. The van der Waals surface area contributed by atoms with E-state index in [0.717, 1.165) is 0 Å². The van der Waals surface area contributed by atoms with Crippen molar-refractivity contribution in [2.24, 2.45) is 0 Å². The molecule has 0 saturated heterocycles. The van der Waals surface area contributed by atoms with Gasteiger partial charge in [-0.15, -0.1) is 0 Å². The second-order valence-electron chi connectivity index (χ2n) is 6.42. The largest absolute Gasteiger partial charge is 0.460 e. The van der Waals surface area contributed by atoms with Gasteiger partial charge in [-0.25, -0.2) is 9.59 Å². The second kappa shape index (κ2) is 9.88. The maximum Gasteiger partial charge on any atom is 0.338 e. The van der Waals surface area contributed by atoms with Crippen LogP contribution in [0.2, 0.25) is 0 Å². The number of hydrogen-bond acceptors (Lipinski definition) is 6. The van der Waals surface area contributed by atoms with Crippen LogP contribution in [0.25, 0.3) is 0 Å². The maximum absolute atomic E-state index is 12.8. The average Bonchev–Trinajstić information content (AvgIpc) is 2.68. The monoisotopic (exact) mass is 387 g/mol. The molecule has 2 atom stereocenters. The Morgan fingerprint density at radius 3 is 2.50 bits per heavy atom. The first-order valence-corrected chi connectivity index (χ1v) is 8.90. The molecule has 0 saturated carbocycles. The van der Waals surface area contributed by atoms with Gasteiger partial charge in [0, 0.05) is 19.9 Å². The third kappa shape index (κ3) is 4.68. The summed E-state index contributed by atoms with van der Waals surface area (Å²) in [5.74, 6) is -0.529. The van der Waals surface area contributed by atoms with E-state index in [1.54, 1.807) is 38.3 Å². The summed E-state index contributed by atoms with van der Waals surface area (Å²) in [6.45, 7) is 4.25. The van der Waals surface area contributed by atoms with Gasteiger partial charge < -0.3 is 19.5 Å². The molecule has 1 aromatic rings. The third-order valence-electron chi connectivity index (χ3n) is 4.49. The van der Waals surface area contributed by atoms with Crippen molar-refractivity contribution >= 4 is 12.0 Å². The van der Waals surface area contributed by atoms with Crippen LogP contribution in [0, 0.1) is 11.3 Å². The number of nitriles is 1. The predicted molar refractivity (Wildman–Crippen MR) is 101 cm³/mol. The van der Waals surface area contributed by atoms with Crippen LogP contribution in [0.4, 0.5) is 4.79 Å². The highest BCUT2D eigenvalue weighted by molar-refractivity contribution is 5.95. The van der Waals surface area contributed by atoms with E-state index in [0.29, 0.717) is 29.0 Å². The molecule has 1 aromatic carbocycles. The molecule has 1 aliphatic heterocycles. The Morgan fingerprint density at radius 2 is 1.93 bits per heavy atom. The number of nitrogens with zero attached hydrogens (tertiary/aromatic N) is 2. The predicted octanol–water partition coefficient (Wildman–Crippen LogP) is 2.12. The Morgan fingerprint density at radius 1 is 1.25 bits per heavy atom. The fourth-order valence-electron chi connectivity index (χ4n) is 3.16. The number of nitrogens with one attached hydrogen (secondary N) is 1. The van der Waals surface area contributed by atoms with Gasteiger partial charge in [-0.3, -0.25) is 4.90 Å². The van der Waals surface area contributed by atoms with Crippen molar-refractivity contribution < 1.29 is 23.8 Å². The zero-order valence-electron chi connectivity index (χ0n) is 16.5. The van der Waals surface area contributed by atoms with E-state index in [1.807, 2.05) is 6.92 Å². The summed E-state index contributed by atoms with van der Waals surface area (Å²) in [4.78, 5) is 27.1. The molecule has 8 nitrogen and oxygen atoms in total. The Bertz CT molecular complexity index is 782. The number of ether oxygens (including phenoxy) is 3. The van der Waals surface area contributed by atoms with Crippen LogP contribution in [0.5, 0.6) is 0 Å². The molecule has 2 rings (SSSR count). The topological polar surface area (TPSA) is 101 Å². The van der Waals surface area contributed by atoms with Crippen LogP contribution >= 0.6 is 0 Å². The highest BCUT2D eigenvalue weighted by Gasteiger charge is 2.38. The number of benzene rings is 1. The minimum absolute atomic E-state index is 0.105. The average molecular weight is 387 g/mol. The maximum atomic E-state index is 12.8. The van der Waals surface area contributed by atoms with Gasteiger partial charge in [0.2, 0.25) is 0 Å². The van der Waals surface area contributed by atoms with Crippen LogP contribution in [-0.4, -0.2) is 57.0 Å². The van der Waals surface area contributed by atoms with Crippen LogP contribution in [0.1, 0.15) is 31.0 Å². The van der Waals surface area contributed by atoms with E-state index < -0.39 is 12.0 Å². The standard InChI is InChI=1S/C20H25N3O5/c1-13(12-27-4)23-14(2)17(19(24)28-10-9-26-3)18(22-20(23)25)16-7-5-15(11-21)6-8-16/h5-8,13,18H,9-10,12H2,1-4H3,(H,22,25)/t13-,18+/m0/s1. The quantitative estimate of drug-likeness (QED) is 0.542. The molecule has 1 heterocycles. The number of rotatable bonds is 8. The van der Waals surface area contributed by atoms with Gasteiger partial charge in [0.05, 0.1) is 42.5 Å². The molecule has 1 aliphatic rings. The molecule has 1 N–H and O–H groups in total. The lowest BCUT2D eigenvalue weighted by Gasteiger charge is -2.38. The molecule has 150 valence electrons. The molecule has 0 aliphatic carbocycles. The first-order chi connectivity index (χ1) is 13.4. The van der Waals surface area contributed by atoms with E-state index in [1.165, 1.54) is 12.0 Å². The Hall–Kier alpha value is -2.89. The molecule has 0 fully saturated rings. The van der Waals surface area contributed by atoms with Crippen LogP contribution in [0.15, 0.2) is 35.5 Å². The highest BCUT2D eigenvalue weighted by Crippen LogP contribution is 2.32. The number of amides is 2. The lowest BCUT2D eigenvalue weighted by Crippen LogP contribution is -2.52. The molecule has 0 spiro atoms. The Labute approximate surface area is 164 Å². The summed E-state index contributed by atoms with van der Waals surface area (Å²) >= 11 is 0. The smallest absolute Gasteiger partial charge is 0.338 e. The van der Waals surface area contributed by atoms with Gasteiger partial charge in [0.1, 0.15) is 6.61 Å². The summed E-state index contributed by atoms with van der Waals surface area (Å²) in [5, 5.41) is 11.9. The van der Waals surface area contributed by atoms with Crippen molar-refractivity contribution in [3.05, 3.63) is 46.7 Å². The van der Waals surface area contributed by atoms with Gasteiger partial charge in [0.25, 0.3) is 0 Å². The van der Waals surface area contributed by atoms with E-state index in [2.05, 4.69) is 11.4 Å². The van der Waals surface area contributed by atoms with Gasteiger partial charge in [-0.1, -0.05) is 12.1 Å². The molecular formula is C20H25N3O5. The first kappa shape index (κ1) is 21.4. The SMILES string of the molecule is COCCOC(=O)C1=C(C)N([C@@H](C)COC)C(=O)N[C@@H]1c1ccc(C#N)cc1. The summed E-state index contributed by atoms with van der Waals surface area (Å²) in [6.07, 6.45) is 0. The van der Waals surface area contributed by atoms with Gasteiger partial charge in [0.15, 0.2) is 0 Å². The minimum atomic E-state index is -0.679. The normalized spacial score (nSPS) is 17.8. The molecule has 8 heteroatoms. The summed E-state index contributed by atoms with van der Waals surface area (Å²) in [5.41, 5.74) is 2.02. The molecule has 2 amide bonds. The molecule has 28 heavy (non-hydrogen) atoms. The van der Waals surface area contributed by atoms with Crippen molar-refractivity contribution in [3.8, 4) is 6.07 Å². The Balaban J connectivity index is 2.45. The number of esters is 1. The highest BCUT2D eigenvalue weighted by atomic mass is 16.6. The number of hydrogen-bond donors (Lipinski definition) is 1. The van der Waals surface area contributed by atoms with Crippen molar-refractivity contribution in [2.75, 3.05) is 34.0 Å².